The van der Waals surface area contributed by atoms with Crippen molar-refractivity contribution in [1.29, 1.82) is 0 Å². The molecule has 1 amide bonds. The molecule has 6 nitrogen and oxygen atoms in total. The Morgan fingerprint density at radius 3 is 2.61 bits per heavy atom. The Balaban J connectivity index is 1.69. The van der Waals surface area contributed by atoms with Gasteiger partial charge in [-0.3, -0.25) is 4.79 Å². The fraction of sp³-hybridized carbons (Fsp3) is 0.294. The van der Waals surface area contributed by atoms with Crippen LogP contribution in [0, 0.1) is 5.92 Å². The van der Waals surface area contributed by atoms with Crippen LogP contribution in [-0.2, 0) is 4.79 Å². The predicted octanol–water partition coefficient (Wildman–Crippen LogP) is 3.19. The van der Waals surface area contributed by atoms with Crippen molar-refractivity contribution in [2.24, 2.45) is 5.92 Å². The largest absolute Gasteiger partial charge is 0.497 e. The standard InChI is InChI=1S/C17H19N3O3/c1-22-13-6-7-14(15(9-13)23-2)20-16-8-5-12(10-18-16)19-17(21)11-3-4-11/h5-11H,3-4H2,1-2H3,(H,18,20)(H,19,21). The van der Waals surface area contributed by atoms with Gasteiger partial charge in [-0.1, -0.05) is 0 Å². The van der Waals surface area contributed by atoms with Crippen molar-refractivity contribution in [2.45, 2.75) is 12.8 Å². The van der Waals surface area contributed by atoms with Crippen molar-refractivity contribution in [3.05, 3.63) is 36.5 Å². The normalized spacial score (nSPS) is 13.3. The van der Waals surface area contributed by atoms with Gasteiger partial charge in [0.05, 0.1) is 31.8 Å². The molecule has 0 saturated heterocycles. The van der Waals surface area contributed by atoms with E-state index >= 15 is 0 Å². The lowest BCUT2D eigenvalue weighted by atomic mass is 10.2. The minimum atomic E-state index is 0.0735. The van der Waals surface area contributed by atoms with Crippen LogP contribution in [0.25, 0.3) is 0 Å². The number of aromatic nitrogens is 1. The van der Waals surface area contributed by atoms with E-state index in [1.54, 1.807) is 26.5 Å². The Morgan fingerprint density at radius 1 is 1.17 bits per heavy atom. The second-order valence-corrected chi connectivity index (χ2v) is 5.39. The Morgan fingerprint density at radius 2 is 2.00 bits per heavy atom. The van der Waals surface area contributed by atoms with Crippen LogP contribution in [0.4, 0.5) is 17.2 Å². The fourth-order valence-electron chi connectivity index (χ4n) is 2.17. The van der Waals surface area contributed by atoms with Gasteiger partial charge in [-0.05, 0) is 37.1 Å². The second-order valence-electron chi connectivity index (χ2n) is 5.39. The first-order valence-corrected chi connectivity index (χ1v) is 7.45. The predicted molar refractivity (Wildman–Crippen MR) is 88.4 cm³/mol. The van der Waals surface area contributed by atoms with Crippen LogP contribution in [0.5, 0.6) is 11.5 Å². The van der Waals surface area contributed by atoms with Crippen molar-refractivity contribution in [3.63, 3.8) is 0 Å². The number of benzene rings is 1. The van der Waals surface area contributed by atoms with Crippen LogP contribution in [0.15, 0.2) is 36.5 Å². The number of carbonyl (C=O) groups is 1. The molecule has 0 radical (unpaired) electrons. The molecule has 1 fully saturated rings. The number of rotatable bonds is 6. The molecule has 3 rings (SSSR count). The van der Waals surface area contributed by atoms with E-state index in [4.69, 9.17) is 9.47 Å². The molecule has 2 N–H and O–H groups in total. The lowest BCUT2D eigenvalue weighted by molar-refractivity contribution is -0.117. The quantitative estimate of drug-likeness (QED) is 0.857. The van der Waals surface area contributed by atoms with Gasteiger partial charge in [0.15, 0.2) is 0 Å². The molecule has 1 aliphatic rings. The van der Waals surface area contributed by atoms with Crippen molar-refractivity contribution in [2.75, 3.05) is 24.9 Å². The van der Waals surface area contributed by atoms with Gasteiger partial charge < -0.3 is 20.1 Å². The number of carbonyl (C=O) groups excluding carboxylic acids is 1. The molecular weight excluding hydrogens is 294 g/mol. The third kappa shape index (κ3) is 3.71. The molecule has 1 aromatic carbocycles. The van der Waals surface area contributed by atoms with Crippen LogP contribution in [0.3, 0.4) is 0 Å². The summed E-state index contributed by atoms with van der Waals surface area (Å²) in [5.41, 5.74) is 1.49. The lowest BCUT2D eigenvalue weighted by Crippen LogP contribution is -2.13. The summed E-state index contributed by atoms with van der Waals surface area (Å²) >= 11 is 0. The van der Waals surface area contributed by atoms with Gasteiger partial charge >= 0.3 is 0 Å². The van der Waals surface area contributed by atoms with Gasteiger partial charge in [-0.25, -0.2) is 4.98 Å². The first-order valence-electron chi connectivity index (χ1n) is 7.45. The number of anilines is 3. The average Bonchev–Trinajstić information content (AvgIpc) is 3.42. The first kappa shape index (κ1) is 15.1. The van der Waals surface area contributed by atoms with Gasteiger partial charge in [-0.2, -0.15) is 0 Å². The maximum Gasteiger partial charge on any atom is 0.227 e. The van der Waals surface area contributed by atoms with E-state index in [1.165, 1.54) is 0 Å². The zero-order chi connectivity index (χ0) is 16.2. The smallest absolute Gasteiger partial charge is 0.227 e. The van der Waals surface area contributed by atoms with Gasteiger partial charge in [-0.15, -0.1) is 0 Å². The zero-order valence-electron chi connectivity index (χ0n) is 13.1. The minimum Gasteiger partial charge on any atom is -0.497 e. The number of methoxy groups -OCH3 is 2. The molecule has 1 saturated carbocycles. The molecule has 6 heteroatoms. The summed E-state index contributed by atoms with van der Waals surface area (Å²) < 4.78 is 10.5. The van der Waals surface area contributed by atoms with Crippen LogP contribution in [0.1, 0.15) is 12.8 Å². The maximum atomic E-state index is 11.7. The number of amides is 1. The van der Waals surface area contributed by atoms with Gasteiger partial charge in [0, 0.05) is 12.0 Å². The molecule has 0 aliphatic heterocycles. The topological polar surface area (TPSA) is 72.5 Å². The molecule has 2 aromatic rings. The third-order valence-electron chi connectivity index (χ3n) is 3.65. The zero-order valence-corrected chi connectivity index (χ0v) is 13.1. The lowest BCUT2D eigenvalue weighted by Gasteiger charge is -2.12. The van der Waals surface area contributed by atoms with Gasteiger partial charge in [0.2, 0.25) is 5.91 Å². The Hall–Kier alpha value is -2.76. The van der Waals surface area contributed by atoms with Crippen molar-refractivity contribution >= 4 is 23.1 Å². The maximum absolute atomic E-state index is 11.7. The highest BCUT2D eigenvalue weighted by Crippen LogP contribution is 2.32. The SMILES string of the molecule is COc1ccc(Nc2ccc(NC(=O)C3CC3)cn2)c(OC)c1. The number of pyridine rings is 1. The van der Waals surface area contributed by atoms with Crippen LogP contribution < -0.4 is 20.1 Å². The summed E-state index contributed by atoms with van der Waals surface area (Å²) in [4.78, 5) is 16.0. The summed E-state index contributed by atoms with van der Waals surface area (Å²) in [6, 6.07) is 9.14. The van der Waals surface area contributed by atoms with E-state index in [9.17, 15) is 4.79 Å². The van der Waals surface area contributed by atoms with Crippen molar-refractivity contribution in [3.8, 4) is 11.5 Å². The second kappa shape index (κ2) is 6.56. The summed E-state index contributed by atoms with van der Waals surface area (Å²) in [5.74, 6) is 2.30. The molecule has 0 unspecified atom stereocenters. The Bertz CT molecular complexity index is 697. The Labute approximate surface area is 134 Å². The van der Waals surface area contributed by atoms with E-state index in [1.807, 2.05) is 24.3 Å². The number of ether oxygens (including phenoxy) is 2. The Kier molecular flexibility index (Phi) is 4.32. The highest BCUT2D eigenvalue weighted by atomic mass is 16.5. The molecular formula is C17H19N3O3. The molecule has 0 spiro atoms. The summed E-state index contributed by atoms with van der Waals surface area (Å²) in [6.07, 6.45) is 3.60. The number of hydrogen-bond donors (Lipinski definition) is 2. The molecule has 1 heterocycles. The van der Waals surface area contributed by atoms with E-state index in [0.29, 0.717) is 17.3 Å². The number of nitrogens with one attached hydrogen (secondary N) is 2. The van der Waals surface area contributed by atoms with E-state index in [0.717, 1.165) is 24.3 Å². The van der Waals surface area contributed by atoms with E-state index in [-0.39, 0.29) is 11.8 Å². The molecule has 0 atom stereocenters. The highest BCUT2D eigenvalue weighted by molar-refractivity contribution is 5.93. The molecule has 1 aromatic heterocycles. The molecule has 120 valence electrons. The fourth-order valence-corrected chi connectivity index (χ4v) is 2.17. The van der Waals surface area contributed by atoms with E-state index in [2.05, 4.69) is 15.6 Å². The van der Waals surface area contributed by atoms with Crippen LogP contribution in [-0.4, -0.2) is 25.1 Å². The monoisotopic (exact) mass is 313 g/mol. The highest BCUT2D eigenvalue weighted by Gasteiger charge is 2.29. The molecule has 1 aliphatic carbocycles. The minimum absolute atomic E-state index is 0.0735. The first-order chi connectivity index (χ1) is 11.2. The average molecular weight is 313 g/mol. The third-order valence-corrected chi connectivity index (χ3v) is 3.65. The molecule has 23 heavy (non-hydrogen) atoms. The summed E-state index contributed by atoms with van der Waals surface area (Å²) in [7, 11) is 3.21. The van der Waals surface area contributed by atoms with Gasteiger partial charge in [0.1, 0.15) is 17.3 Å². The number of hydrogen-bond acceptors (Lipinski definition) is 5. The van der Waals surface area contributed by atoms with Gasteiger partial charge in [0.25, 0.3) is 0 Å². The van der Waals surface area contributed by atoms with Crippen LogP contribution in [0.2, 0.25) is 0 Å². The van der Waals surface area contributed by atoms with Crippen molar-refractivity contribution in [1.82, 2.24) is 4.98 Å². The summed E-state index contributed by atoms with van der Waals surface area (Å²) in [6.45, 7) is 0. The van der Waals surface area contributed by atoms with E-state index < -0.39 is 0 Å². The van der Waals surface area contributed by atoms with Crippen LogP contribution >= 0.6 is 0 Å². The summed E-state index contributed by atoms with van der Waals surface area (Å²) in [5, 5.41) is 6.05. The molecule has 0 bridgehead atoms. The number of nitrogens with zero attached hydrogens (tertiary/aromatic N) is 1. The van der Waals surface area contributed by atoms with Crippen molar-refractivity contribution < 1.29 is 14.3 Å².